The Morgan fingerprint density at radius 2 is 1.58 bits per heavy atom. The minimum absolute atomic E-state index is 0.0400. The molecule has 2 nitrogen and oxygen atoms in total. The molecule has 0 radical (unpaired) electrons. The van der Waals surface area contributed by atoms with Crippen molar-refractivity contribution < 1.29 is 18.0 Å². The first-order valence-electron chi connectivity index (χ1n) is 10.6. The van der Waals surface area contributed by atoms with Gasteiger partial charge in [-0.3, -0.25) is 4.79 Å². The maximum absolute atomic E-state index is 13.9. The first-order chi connectivity index (χ1) is 15.8. The number of carbonyl (C=O) groups excluding carboxylic acids is 1. The highest BCUT2D eigenvalue weighted by Crippen LogP contribution is 2.47. The van der Waals surface area contributed by atoms with E-state index in [0.717, 1.165) is 28.0 Å². The number of hydrogen-bond acceptors (Lipinski definition) is 1. The summed E-state index contributed by atoms with van der Waals surface area (Å²) in [4.78, 5) is 15.0. The molecular weight excluding hydrogens is 447 g/mol. The second kappa shape index (κ2) is 8.23. The highest BCUT2D eigenvalue weighted by molar-refractivity contribution is 6.30. The van der Waals surface area contributed by atoms with Gasteiger partial charge in [-0.1, -0.05) is 72.3 Å². The molecule has 0 bridgehead atoms. The smallest absolute Gasteiger partial charge is 0.308 e. The minimum atomic E-state index is -4.51. The number of fused-ring (bicyclic) bond motifs is 3. The highest BCUT2D eigenvalue weighted by atomic mass is 35.5. The van der Waals surface area contributed by atoms with Crippen LogP contribution in [0.4, 0.5) is 18.9 Å². The zero-order chi connectivity index (χ0) is 23.2. The number of hydrogen-bond donors (Lipinski definition) is 0. The fraction of sp³-hybridized carbons (Fsp3) is 0.148. The van der Waals surface area contributed by atoms with Crippen LogP contribution in [0.5, 0.6) is 0 Å². The molecule has 1 aliphatic heterocycles. The average Bonchev–Trinajstić information content (AvgIpc) is 2.81. The predicted octanol–water partition coefficient (Wildman–Crippen LogP) is 7.58. The molecule has 4 aromatic carbocycles. The van der Waals surface area contributed by atoms with Crippen LogP contribution in [0.3, 0.4) is 0 Å². The Hall–Kier alpha value is -3.31. The number of benzene rings is 4. The summed E-state index contributed by atoms with van der Waals surface area (Å²) >= 11 is 6.00. The molecule has 0 saturated carbocycles. The molecule has 166 valence electrons. The number of carbonyl (C=O) groups is 1. The summed E-state index contributed by atoms with van der Waals surface area (Å²) in [6.07, 6.45) is -4.55. The van der Waals surface area contributed by atoms with Gasteiger partial charge in [0, 0.05) is 23.0 Å². The summed E-state index contributed by atoms with van der Waals surface area (Å²) in [5, 5.41) is 2.37. The lowest BCUT2D eigenvalue weighted by Gasteiger charge is -2.36. The molecule has 5 rings (SSSR count). The number of alkyl halides is 3. The molecule has 1 atom stereocenters. The van der Waals surface area contributed by atoms with E-state index in [1.807, 2.05) is 48.5 Å². The van der Waals surface area contributed by atoms with Gasteiger partial charge in [-0.2, -0.15) is 13.2 Å². The Balaban J connectivity index is 1.71. The summed E-state index contributed by atoms with van der Waals surface area (Å²) in [6, 6.07) is 24.1. The lowest BCUT2D eigenvalue weighted by atomic mass is 9.79. The van der Waals surface area contributed by atoms with Crippen molar-refractivity contribution in [3.8, 4) is 0 Å². The molecular formula is C27H19ClF3NO. The molecule has 0 saturated heterocycles. The van der Waals surface area contributed by atoms with Crippen molar-refractivity contribution in [3.05, 3.63) is 112 Å². The van der Waals surface area contributed by atoms with E-state index in [-0.39, 0.29) is 17.9 Å². The van der Waals surface area contributed by atoms with E-state index in [0.29, 0.717) is 17.3 Å². The normalized spacial score (nSPS) is 16.2. The van der Waals surface area contributed by atoms with Crippen LogP contribution < -0.4 is 4.90 Å². The van der Waals surface area contributed by atoms with Crippen LogP contribution >= 0.6 is 11.6 Å². The van der Waals surface area contributed by atoms with Crippen LogP contribution in [-0.2, 0) is 17.5 Å². The van der Waals surface area contributed by atoms with Gasteiger partial charge in [0.05, 0.1) is 12.1 Å². The second-order valence-electron chi connectivity index (χ2n) is 8.17. The van der Waals surface area contributed by atoms with Crippen molar-refractivity contribution in [2.75, 3.05) is 4.90 Å². The molecule has 1 unspecified atom stereocenters. The average molecular weight is 466 g/mol. The van der Waals surface area contributed by atoms with Gasteiger partial charge in [-0.25, -0.2) is 0 Å². The van der Waals surface area contributed by atoms with Crippen LogP contribution in [0.25, 0.3) is 10.8 Å². The molecule has 0 fully saturated rings. The van der Waals surface area contributed by atoms with Crippen molar-refractivity contribution >= 4 is 34.0 Å². The fourth-order valence-electron chi connectivity index (χ4n) is 4.68. The van der Waals surface area contributed by atoms with Crippen LogP contribution in [0.1, 0.15) is 34.6 Å². The number of anilines is 1. The van der Waals surface area contributed by atoms with Gasteiger partial charge < -0.3 is 4.90 Å². The molecule has 0 N–H and O–H groups in total. The van der Waals surface area contributed by atoms with E-state index in [1.165, 1.54) is 12.1 Å². The lowest BCUT2D eigenvalue weighted by Crippen LogP contribution is -2.37. The largest absolute Gasteiger partial charge is 0.416 e. The zero-order valence-corrected chi connectivity index (χ0v) is 18.2. The number of amides is 1. The SMILES string of the molecule is O=C1CC(c2ccccc2C(F)(F)F)c2c(ccc3ccccc23)N1Cc1ccc(Cl)cc1. The molecule has 1 heterocycles. The lowest BCUT2D eigenvalue weighted by molar-refractivity contribution is -0.138. The van der Waals surface area contributed by atoms with Gasteiger partial charge in [0.2, 0.25) is 5.91 Å². The van der Waals surface area contributed by atoms with E-state index >= 15 is 0 Å². The minimum Gasteiger partial charge on any atom is -0.308 e. The maximum atomic E-state index is 13.9. The molecule has 4 aromatic rings. The fourth-order valence-corrected chi connectivity index (χ4v) is 4.80. The van der Waals surface area contributed by atoms with Gasteiger partial charge in [0.15, 0.2) is 0 Å². The third kappa shape index (κ3) is 3.98. The van der Waals surface area contributed by atoms with Gasteiger partial charge in [-0.05, 0) is 51.7 Å². The van der Waals surface area contributed by atoms with Crippen molar-refractivity contribution in [1.82, 2.24) is 0 Å². The van der Waals surface area contributed by atoms with Gasteiger partial charge in [0.1, 0.15) is 0 Å². The number of rotatable bonds is 3. The van der Waals surface area contributed by atoms with E-state index in [2.05, 4.69) is 0 Å². The van der Waals surface area contributed by atoms with Crippen molar-refractivity contribution in [2.45, 2.75) is 25.1 Å². The number of nitrogens with zero attached hydrogens (tertiary/aromatic N) is 1. The first-order valence-corrected chi connectivity index (χ1v) is 10.9. The third-order valence-electron chi connectivity index (χ3n) is 6.16. The first kappa shape index (κ1) is 21.5. The highest BCUT2D eigenvalue weighted by Gasteiger charge is 2.39. The van der Waals surface area contributed by atoms with Crippen molar-refractivity contribution in [3.63, 3.8) is 0 Å². The van der Waals surface area contributed by atoms with Gasteiger partial charge >= 0.3 is 6.18 Å². The molecule has 0 aliphatic carbocycles. The van der Waals surface area contributed by atoms with Gasteiger partial charge in [0.25, 0.3) is 0 Å². The van der Waals surface area contributed by atoms with Crippen LogP contribution in [0.15, 0.2) is 84.9 Å². The Morgan fingerprint density at radius 1 is 0.879 bits per heavy atom. The molecule has 1 aliphatic rings. The van der Waals surface area contributed by atoms with Crippen LogP contribution in [0.2, 0.25) is 5.02 Å². The zero-order valence-electron chi connectivity index (χ0n) is 17.4. The Bertz CT molecular complexity index is 1350. The summed E-state index contributed by atoms with van der Waals surface area (Å²) in [5.41, 5.74) is 1.70. The third-order valence-corrected chi connectivity index (χ3v) is 6.41. The van der Waals surface area contributed by atoms with E-state index in [1.54, 1.807) is 23.1 Å². The van der Waals surface area contributed by atoms with Crippen molar-refractivity contribution in [1.29, 1.82) is 0 Å². The monoisotopic (exact) mass is 465 g/mol. The second-order valence-corrected chi connectivity index (χ2v) is 8.60. The Morgan fingerprint density at radius 3 is 2.33 bits per heavy atom. The molecule has 0 spiro atoms. The maximum Gasteiger partial charge on any atom is 0.416 e. The van der Waals surface area contributed by atoms with E-state index in [9.17, 15) is 18.0 Å². The summed E-state index contributed by atoms with van der Waals surface area (Å²) < 4.78 is 41.6. The van der Waals surface area contributed by atoms with Crippen LogP contribution in [0, 0.1) is 0 Å². The van der Waals surface area contributed by atoms with E-state index in [4.69, 9.17) is 11.6 Å². The van der Waals surface area contributed by atoms with E-state index < -0.39 is 17.7 Å². The number of halogens is 4. The summed E-state index contributed by atoms with van der Waals surface area (Å²) in [5.74, 6) is -0.910. The molecule has 6 heteroatoms. The van der Waals surface area contributed by atoms with Crippen molar-refractivity contribution in [2.24, 2.45) is 0 Å². The topological polar surface area (TPSA) is 20.3 Å². The Kier molecular flexibility index (Phi) is 5.37. The molecule has 0 aromatic heterocycles. The quantitative estimate of drug-likeness (QED) is 0.305. The van der Waals surface area contributed by atoms with Gasteiger partial charge in [-0.15, -0.1) is 0 Å². The standard InChI is InChI=1S/C27H19ClF3NO/c28-19-12-9-17(10-13-19)16-32-24-14-11-18-5-1-2-6-20(18)26(24)22(15-25(32)33)21-7-3-4-8-23(21)27(29,30)31/h1-14,22H,15-16H2. The summed E-state index contributed by atoms with van der Waals surface area (Å²) in [6.45, 7) is 0.314. The predicted molar refractivity (Wildman–Crippen MR) is 124 cm³/mol. The Labute approximate surface area is 194 Å². The molecule has 1 amide bonds. The summed E-state index contributed by atoms with van der Waals surface area (Å²) in [7, 11) is 0. The van der Waals surface area contributed by atoms with Crippen LogP contribution in [-0.4, -0.2) is 5.91 Å². The molecule has 33 heavy (non-hydrogen) atoms.